The zero-order valence-corrected chi connectivity index (χ0v) is 5.07. The molecule has 0 radical (unpaired) electrons. The molecule has 0 saturated carbocycles. The van der Waals surface area contributed by atoms with Gasteiger partial charge in [-0.05, 0) is 6.07 Å². The third-order valence-corrected chi connectivity index (χ3v) is 1.33. The van der Waals surface area contributed by atoms with Crippen LogP contribution in [-0.2, 0) is 0 Å². The highest BCUT2D eigenvalue weighted by molar-refractivity contribution is 6.13. The van der Waals surface area contributed by atoms with Crippen LogP contribution in [0.3, 0.4) is 0 Å². The highest BCUT2D eigenvalue weighted by atomic mass is 16.3. The fourth-order valence-electron chi connectivity index (χ4n) is 0.796. The number of amidine groups is 1. The first-order valence-electron chi connectivity index (χ1n) is 2.85. The SMILES string of the molecule is Oc1[nH]ccc1C1=NC=N1. The molecule has 2 N–H and O–H groups in total. The van der Waals surface area contributed by atoms with E-state index in [0.29, 0.717) is 11.4 Å². The number of rotatable bonds is 1. The molecule has 1 aromatic rings. The van der Waals surface area contributed by atoms with E-state index in [4.69, 9.17) is 5.11 Å². The van der Waals surface area contributed by atoms with Gasteiger partial charge >= 0.3 is 0 Å². The van der Waals surface area contributed by atoms with Gasteiger partial charge in [0.2, 0.25) is 0 Å². The first kappa shape index (κ1) is 5.22. The van der Waals surface area contributed by atoms with Crippen LogP contribution in [0.25, 0.3) is 0 Å². The summed E-state index contributed by atoms with van der Waals surface area (Å²) in [4.78, 5) is 10.3. The molecule has 10 heavy (non-hydrogen) atoms. The molecule has 0 bridgehead atoms. The molecule has 1 aliphatic heterocycles. The van der Waals surface area contributed by atoms with Gasteiger partial charge in [0.1, 0.15) is 6.34 Å². The number of aliphatic imine (C=N–C) groups is 2. The predicted molar refractivity (Wildman–Crippen MR) is 37.5 cm³/mol. The first-order valence-corrected chi connectivity index (χ1v) is 2.85. The summed E-state index contributed by atoms with van der Waals surface area (Å²) in [5.74, 6) is 0.703. The summed E-state index contributed by atoms with van der Waals surface area (Å²) in [7, 11) is 0. The van der Waals surface area contributed by atoms with Gasteiger partial charge in [-0.15, -0.1) is 0 Å². The van der Waals surface area contributed by atoms with Crippen LogP contribution in [0.5, 0.6) is 5.88 Å². The van der Waals surface area contributed by atoms with E-state index in [1.807, 2.05) is 0 Å². The van der Waals surface area contributed by atoms with E-state index in [1.54, 1.807) is 12.3 Å². The van der Waals surface area contributed by atoms with E-state index in [9.17, 15) is 0 Å². The molecule has 2 heterocycles. The molecule has 0 unspecified atom stereocenters. The number of hydrogen-bond donors (Lipinski definition) is 2. The van der Waals surface area contributed by atoms with Crippen LogP contribution in [0.4, 0.5) is 0 Å². The zero-order chi connectivity index (χ0) is 6.97. The minimum atomic E-state index is 0.121. The van der Waals surface area contributed by atoms with Gasteiger partial charge in [-0.3, -0.25) is 0 Å². The van der Waals surface area contributed by atoms with Crippen molar-refractivity contribution in [3.05, 3.63) is 17.8 Å². The minimum Gasteiger partial charge on any atom is -0.494 e. The standard InChI is InChI=1S/C6H5N3O/c10-6-4(1-2-7-6)5-8-3-9-5/h1-3,7,10H. The third-order valence-electron chi connectivity index (χ3n) is 1.33. The Morgan fingerprint density at radius 1 is 1.50 bits per heavy atom. The highest BCUT2D eigenvalue weighted by Crippen LogP contribution is 2.16. The summed E-state index contributed by atoms with van der Waals surface area (Å²) in [6.45, 7) is 0. The van der Waals surface area contributed by atoms with Crippen LogP contribution in [0.1, 0.15) is 5.56 Å². The number of hydrogen-bond acceptors (Lipinski definition) is 3. The van der Waals surface area contributed by atoms with Crippen molar-refractivity contribution < 1.29 is 5.11 Å². The summed E-state index contributed by atoms with van der Waals surface area (Å²) < 4.78 is 0. The summed E-state index contributed by atoms with van der Waals surface area (Å²) in [5, 5.41) is 9.08. The van der Waals surface area contributed by atoms with Gasteiger partial charge in [0, 0.05) is 6.20 Å². The molecular formula is C6H5N3O. The lowest BCUT2D eigenvalue weighted by atomic mass is 10.3. The van der Waals surface area contributed by atoms with Gasteiger partial charge in [-0.25, -0.2) is 9.98 Å². The molecule has 1 aliphatic rings. The quantitative estimate of drug-likeness (QED) is 0.579. The zero-order valence-electron chi connectivity index (χ0n) is 5.07. The maximum Gasteiger partial charge on any atom is 0.199 e. The first-order chi connectivity index (χ1) is 4.88. The van der Waals surface area contributed by atoms with Crippen LogP contribution < -0.4 is 0 Å². The van der Waals surface area contributed by atoms with Crippen LogP contribution in [0, 0.1) is 0 Å². The Bertz CT molecular complexity index is 311. The van der Waals surface area contributed by atoms with Gasteiger partial charge in [-0.2, -0.15) is 0 Å². The largest absolute Gasteiger partial charge is 0.494 e. The molecule has 0 atom stereocenters. The Kier molecular flexibility index (Phi) is 0.887. The molecule has 0 saturated heterocycles. The van der Waals surface area contributed by atoms with Crippen LogP contribution in [0.15, 0.2) is 22.2 Å². The summed E-state index contributed by atoms with van der Waals surface area (Å²) in [6, 6.07) is 1.73. The lowest BCUT2D eigenvalue weighted by Crippen LogP contribution is -2.03. The fourth-order valence-corrected chi connectivity index (χ4v) is 0.796. The molecule has 2 rings (SSSR count). The lowest BCUT2D eigenvalue weighted by Gasteiger charge is -2.01. The maximum absolute atomic E-state index is 9.08. The Morgan fingerprint density at radius 3 is 2.70 bits per heavy atom. The molecule has 4 heteroatoms. The Balaban J connectivity index is 2.42. The average molecular weight is 135 g/mol. The van der Waals surface area contributed by atoms with Crippen LogP contribution in [0.2, 0.25) is 0 Å². The highest BCUT2D eigenvalue weighted by Gasteiger charge is 2.10. The molecule has 0 aromatic carbocycles. The Labute approximate surface area is 56.9 Å². The van der Waals surface area contributed by atoms with Crippen molar-refractivity contribution in [3.63, 3.8) is 0 Å². The van der Waals surface area contributed by atoms with Gasteiger partial charge in [0.05, 0.1) is 5.56 Å². The topological polar surface area (TPSA) is 60.7 Å². The molecule has 0 spiro atoms. The fraction of sp³-hybridized carbons (Fsp3) is 0. The maximum atomic E-state index is 9.08. The molecule has 0 aliphatic carbocycles. The summed E-state index contributed by atoms with van der Waals surface area (Å²) >= 11 is 0. The van der Waals surface area contributed by atoms with E-state index in [2.05, 4.69) is 15.0 Å². The molecule has 50 valence electrons. The van der Waals surface area contributed by atoms with Crippen molar-refractivity contribution in [1.82, 2.24) is 4.98 Å². The second kappa shape index (κ2) is 1.70. The average Bonchev–Trinajstić information content (AvgIpc) is 2.12. The minimum absolute atomic E-state index is 0.121. The second-order valence-electron chi connectivity index (χ2n) is 1.94. The molecule has 0 fully saturated rings. The van der Waals surface area contributed by atoms with Crippen molar-refractivity contribution in [1.29, 1.82) is 0 Å². The van der Waals surface area contributed by atoms with Crippen molar-refractivity contribution in [2.75, 3.05) is 0 Å². The Hall–Kier alpha value is -1.58. The smallest absolute Gasteiger partial charge is 0.199 e. The number of aromatic nitrogens is 1. The van der Waals surface area contributed by atoms with E-state index in [0.717, 1.165) is 0 Å². The normalized spacial score (nSPS) is 14.6. The van der Waals surface area contributed by atoms with Gasteiger partial charge in [-0.1, -0.05) is 0 Å². The van der Waals surface area contributed by atoms with Gasteiger partial charge in [0.15, 0.2) is 11.7 Å². The second-order valence-corrected chi connectivity index (χ2v) is 1.94. The van der Waals surface area contributed by atoms with Crippen molar-refractivity contribution >= 4 is 12.2 Å². The lowest BCUT2D eigenvalue weighted by molar-refractivity contribution is 0.456. The Morgan fingerprint density at radius 2 is 2.30 bits per heavy atom. The van der Waals surface area contributed by atoms with Crippen LogP contribution in [-0.4, -0.2) is 22.3 Å². The summed E-state index contributed by atoms with van der Waals surface area (Å²) in [5.41, 5.74) is 0.655. The van der Waals surface area contributed by atoms with E-state index >= 15 is 0 Å². The van der Waals surface area contributed by atoms with Gasteiger partial charge < -0.3 is 10.1 Å². The monoisotopic (exact) mass is 135 g/mol. The molecule has 4 nitrogen and oxygen atoms in total. The predicted octanol–water partition coefficient (Wildman–Crippen LogP) is 0.509. The van der Waals surface area contributed by atoms with E-state index < -0.39 is 0 Å². The number of H-pyrrole nitrogens is 1. The van der Waals surface area contributed by atoms with Crippen molar-refractivity contribution in [2.45, 2.75) is 0 Å². The van der Waals surface area contributed by atoms with Crippen LogP contribution >= 0.6 is 0 Å². The van der Waals surface area contributed by atoms with Crippen molar-refractivity contribution in [3.8, 4) is 5.88 Å². The van der Waals surface area contributed by atoms with Gasteiger partial charge in [0.25, 0.3) is 0 Å². The summed E-state index contributed by atoms with van der Waals surface area (Å²) in [6.07, 6.45) is 3.09. The third kappa shape index (κ3) is 0.556. The number of aromatic amines is 1. The molecular weight excluding hydrogens is 130 g/mol. The van der Waals surface area contributed by atoms with E-state index in [1.165, 1.54) is 6.34 Å². The molecule has 0 amide bonds. The molecule has 1 aromatic heterocycles. The van der Waals surface area contributed by atoms with E-state index in [-0.39, 0.29) is 5.88 Å². The number of aromatic hydroxyl groups is 1. The number of nitrogens with zero attached hydrogens (tertiary/aromatic N) is 2. The van der Waals surface area contributed by atoms with Crippen molar-refractivity contribution in [2.24, 2.45) is 9.98 Å². The number of nitrogens with one attached hydrogen (secondary N) is 1.